The van der Waals surface area contributed by atoms with E-state index in [4.69, 9.17) is 4.74 Å². The number of anilines is 2. The van der Waals surface area contributed by atoms with Crippen molar-refractivity contribution in [2.24, 2.45) is 0 Å². The van der Waals surface area contributed by atoms with E-state index in [-0.39, 0.29) is 11.8 Å². The Morgan fingerprint density at radius 1 is 1.19 bits per heavy atom. The molecule has 0 unspecified atom stereocenters. The molecule has 130 valence electrons. The Morgan fingerprint density at radius 2 is 1.96 bits per heavy atom. The Labute approximate surface area is 149 Å². The first kappa shape index (κ1) is 16.1. The van der Waals surface area contributed by atoms with Crippen molar-refractivity contribution in [2.45, 2.75) is 6.92 Å². The molecule has 2 N–H and O–H groups in total. The van der Waals surface area contributed by atoms with Crippen molar-refractivity contribution in [1.29, 1.82) is 0 Å². The molecule has 0 saturated heterocycles. The summed E-state index contributed by atoms with van der Waals surface area (Å²) in [5.41, 5.74) is 4.06. The number of hydrogen-bond donors (Lipinski definition) is 2. The second-order valence-electron chi connectivity index (χ2n) is 6.10. The molecule has 2 aliphatic rings. The van der Waals surface area contributed by atoms with Gasteiger partial charge >= 0.3 is 0 Å². The maximum absolute atomic E-state index is 13.4. The molecular weight excluding hydrogens is 335 g/mol. The number of ether oxygens (including phenoxy) is 1. The van der Waals surface area contributed by atoms with Crippen LogP contribution in [-0.2, 0) is 14.3 Å². The third-order valence-electron chi connectivity index (χ3n) is 4.24. The maximum atomic E-state index is 13.4. The number of carbonyl (C=O) groups excluding carboxylic acids is 2. The Balaban J connectivity index is 1.67. The first-order chi connectivity index (χ1) is 12.5. The van der Waals surface area contributed by atoms with Gasteiger partial charge in [-0.3, -0.25) is 9.59 Å². The highest BCUT2D eigenvalue weighted by atomic mass is 19.1. The van der Waals surface area contributed by atoms with Crippen LogP contribution < -0.4 is 10.6 Å². The van der Waals surface area contributed by atoms with Gasteiger partial charge in [-0.25, -0.2) is 4.39 Å². The molecule has 2 heterocycles. The molecule has 0 aromatic heterocycles. The van der Waals surface area contributed by atoms with Gasteiger partial charge in [-0.05, 0) is 42.0 Å². The highest BCUT2D eigenvalue weighted by molar-refractivity contribution is 6.32. The predicted octanol–water partition coefficient (Wildman–Crippen LogP) is 3.56. The number of rotatable bonds is 2. The van der Waals surface area contributed by atoms with E-state index in [0.29, 0.717) is 34.9 Å². The van der Waals surface area contributed by atoms with Crippen molar-refractivity contribution >= 4 is 34.3 Å². The van der Waals surface area contributed by atoms with Crippen LogP contribution >= 0.6 is 0 Å². The molecule has 2 aliphatic heterocycles. The number of amides is 2. The van der Waals surface area contributed by atoms with Crippen molar-refractivity contribution in [3.8, 4) is 0 Å². The number of fused-ring (bicyclic) bond motifs is 1. The molecule has 2 aromatic carbocycles. The Morgan fingerprint density at radius 3 is 2.69 bits per heavy atom. The van der Waals surface area contributed by atoms with E-state index in [9.17, 15) is 14.0 Å². The fraction of sp³-hybridized carbons (Fsp3) is 0.100. The summed E-state index contributed by atoms with van der Waals surface area (Å²) in [6.07, 6.45) is 1.82. The van der Waals surface area contributed by atoms with Crippen molar-refractivity contribution in [2.75, 3.05) is 17.2 Å². The van der Waals surface area contributed by atoms with Crippen LogP contribution in [0, 0.1) is 5.82 Å². The predicted molar refractivity (Wildman–Crippen MR) is 96.6 cm³/mol. The van der Waals surface area contributed by atoms with Gasteiger partial charge in [0.25, 0.3) is 5.91 Å². The molecule has 26 heavy (non-hydrogen) atoms. The van der Waals surface area contributed by atoms with Gasteiger partial charge in [0.2, 0.25) is 5.91 Å². The van der Waals surface area contributed by atoms with Gasteiger partial charge in [-0.2, -0.15) is 0 Å². The van der Waals surface area contributed by atoms with Gasteiger partial charge in [0.15, 0.2) is 0 Å². The summed E-state index contributed by atoms with van der Waals surface area (Å²) in [5, 5.41) is 5.37. The number of benzene rings is 2. The molecule has 0 radical (unpaired) electrons. The zero-order chi connectivity index (χ0) is 18.3. The zero-order valence-corrected chi connectivity index (χ0v) is 13.9. The normalized spacial score (nSPS) is 18.1. The molecular formula is C20H15FN2O3. The summed E-state index contributed by atoms with van der Waals surface area (Å²) in [4.78, 5) is 23.4. The van der Waals surface area contributed by atoms with Crippen LogP contribution in [-0.4, -0.2) is 18.4 Å². The van der Waals surface area contributed by atoms with Crippen LogP contribution in [0.25, 0.3) is 11.1 Å². The van der Waals surface area contributed by atoms with Crippen molar-refractivity contribution in [3.63, 3.8) is 0 Å². The van der Waals surface area contributed by atoms with Crippen LogP contribution in [0.1, 0.15) is 18.1 Å². The fourth-order valence-corrected chi connectivity index (χ4v) is 3.07. The van der Waals surface area contributed by atoms with E-state index < -0.39 is 5.82 Å². The van der Waals surface area contributed by atoms with E-state index in [1.807, 2.05) is 30.3 Å². The average Bonchev–Trinajstić information content (AvgIpc) is 3.18. The fourth-order valence-electron chi connectivity index (χ4n) is 3.07. The molecule has 0 spiro atoms. The van der Waals surface area contributed by atoms with Gasteiger partial charge in [0.05, 0.1) is 11.3 Å². The SMILES string of the molecule is CC(=O)Nc1ccc(C2=C/C(=C3\C(=O)Nc4cc(F)ccc43)OC2)cc1. The molecule has 0 aliphatic carbocycles. The second kappa shape index (κ2) is 6.15. The van der Waals surface area contributed by atoms with E-state index in [2.05, 4.69) is 10.6 Å². The summed E-state index contributed by atoms with van der Waals surface area (Å²) in [6.45, 7) is 1.79. The highest BCUT2D eigenvalue weighted by Crippen LogP contribution is 2.38. The number of allylic oxidation sites excluding steroid dienone is 1. The molecule has 6 heteroatoms. The quantitative estimate of drug-likeness (QED) is 0.814. The monoisotopic (exact) mass is 350 g/mol. The average molecular weight is 350 g/mol. The van der Waals surface area contributed by atoms with Gasteiger partial charge < -0.3 is 15.4 Å². The molecule has 2 amide bonds. The smallest absolute Gasteiger partial charge is 0.260 e. The minimum atomic E-state index is -0.405. The lowest BCUT2D eigenvalue weighted by atomic mass is 10.0. The van der Waals surface area contributed by atoms with E-state index in [1.54, 1.807) is 6.07 Å². The Bertz CT molecular complexity index is 991. The minimum Gasteiger partial charge on any atom is -0.488 e. The molecule has 5 nitrogen and oxygen atoms in total. The topological polar surface area (TPSA) is 67.4 Å². The summed E-state index contributed by atoms with van der Waals surface area (Å²) in [7, 11) is 0. The largest absolute Gasteiger partial charge is 0.488 e. The van der Waals surface area contributed by atoms with Crippen molar-refractivity contribution in [1.82, 2.24) is 0 Å². The van der Waals surface area contributed by atoms with Crippen LogP contribution in [0.3, 0.4) is 0 Å². The third-order valence-corrected chi connectivity index (χ3v) is 4.24. The van der Waals surface area contributed by atoms with E-state index in [1.165, 1.54) is 19.1 Å². The van der Waals surface area contributed by atoms with Crippen LogP contribution in [0.5, 0.6) is 0 Å². The Kier molecular flexibility index (Phi) is 3.80. The number of hydrogen-bond acceptors (Lipinski definition) is 3. The molecule has 0 atom stereocenters. The minimum absolute atomic E-state index is 0.129. The molecule has 0 bridgehead atoms. The molecule has 0 fully saturated rings. The highest BCUT2D eigenvalue weighted by Gasteiger charge is 2.30. The van der Waals surface area contributed by atoms with E-state index in [0.717, 1.165) is 11.1 Å². The molecule has 2 aromatic rings. The number of nitrogens with one attached hydrogen (secondary N) is 2. The van der Waals surface area contributed by atoms with Crippen molar-refractivity contribution in [3.05, 3.63) is 71.2 Å². The number of carbonyl (C=O) groups is 2. The van der Waals surface area contributed by atoms with Gasteiger partial charge in [0.1, 0.15) is 18.2 Å². The second-order valence-corrected chi connectivity index (χ2v) is 6.10. The molecule has 0 saturated carbocycles. The van der Waals surface area contributed by atoms with Crippen molar-refractivity contribution < 1.29 is 18.7 Å². The van der Waals surface area contributed by atoms with E-state index >= 15 is 0 Å². The van der Waals surface area contributed by atoms with Gasteiger partial charge in [0, 0.05) is 23.7 Å². The standard InChI is InChI=1S/C20H15FN2O3/c1-11(24)22-15-5-2-12(3-6-15)13-8-18(26-10-13)19-16-7-4-14(21)9-17(16)23-20(19)25/h2-9H,10H2,1H3,(H,22,24)(H,23,25)/b19-18+. The lowest BCUT2D eigenvalue weighted by molar-refractivity contribution is -0.114. The summed E-state index contributed by atoms with van der Waals surface area (Å²) >= 11 is 0. The van der Waals surface area contributed by atoms with Crippen LogP contribution in [0.4, 0.5) is 15.8 Å². The van der Waals surface area contributed by atoms with Gasteiger partial charge in [-0.1, -0.05) is 12.1 Å². The summed E-state index contributed by atoms with van der Waals surface area (Å²) in [5.74, 6) is -0.374. The summed E-state index contributed by atoms with van der Waals surface area (Å²) in [6, 6.07) is 11.6. The van der Waals surface area contributed by atoms with Crippen LogP contribution in [0.15, 0.2) is 54.3 Å². The zero-order valence-electron chi connectivity index (χ0n) is 13.9. The van der Waals surface area contributed by atoms with Gasteiger partial charge in [-0.15, -0.1) is 0 Å². The lowest BCUT2D eigenvalue weighted by Crippen LogP contribution is -2.05. The third kappa shape index (κ3) is 2.86. The summed E-state index contributed by atoms with van der Waals surface area (Å²) < 4.78 is 19.1. The molecule has 4 rings (SSSR count). The first-order valence-electron chi connectivity index (χ1n) is 8.08. The lowest BCUT2D eigenvalue weighted by Gasteiger charge is -2.04. The number of halogens is 1. The first-order valence-corrected chi connectivity index (χ1v) is 8.08. The Hall–Kier alpha value is -3.41. The maximum Gasteiger partial charge on any atom is 0.260 e. The van der Waals surface area contributed by atoms with Crippen LogP contribution in [0.2, 0.25) is 0 Å².